The van der Waals surface area contributed by atoms with Gasteiger partial charge in [-0.3, -0.25) is 10.1 Å². The van der Waals surface area contributed by atoms with E-state index in [9.17, 15) is 10.1 Å². The van der Waals surface area contributed by atoms with Crippen molar-refractivity contribution in [1.82, 2.24) is 0 Å². The van der Waals surface area contributed by atoms with Gasteiger partial charge in [-0.15, -0.1) is 0 Å². The van der Waals surface area contributed by atoms with Crippen molar-refractivity contribution in [2.45, 2.75) is 18.2 Å². The molecule has 0 N–H and O–H groups in total. The molecule has 0 aliphatic carbocycles. The summed E-state index contributed by atoms with van der Waals surface area (Å²) in [6.07, 6.45) is 0.727. The third kappa shape index (κ3) is 2.98. The number of benzene rings is 1. The maximum absolute atomic E-state index is 10.5. The van der Waals surface area contributed by atoms with Crippen molar-refractivity contribution < 1.29 is 9.34 Å². The van der Waals surface area contributed by atoms with E-state index in [1.807, 2.05) is 31.2 Å². The second-order valence-corrected chi connectivity index (χ2v) is 5.20. The first kappa shape index (κ1) is 12.8. The Balaban J connectivity index is 2.09. The average molecular weight is 310 g/mol. The molecule has 0 fully saturated rings. The highest BCUT2D eigenvalue weighted by Gasteiger charge is 2.17. The molecule has 1 aromatic heterocycles. The molecule has 1 heterocycles. The van der Waals surface area contributed by atoms with Crippen molar-refractivity contribution in [2.24, 2.45) is 0 Å². The van der Waals surface area contributed by atoms with Crippen LogP contribution in [0.1, 0.15) is 21.7 Å². The van der Waals surface area contributed by atoms with Gasteiger partial charge >= 0.3 is 5.88 Å². The summed E-state index contributed by atoms with van der Waals surface area (Å²) in [7, 11) is 0. The maximum Gasteiger partial charge on any atom is 0.433 e. The molecule has 2 rings (SSSR count). The number of aryl methyl sites for hydroxylation is 1. The molecule has 94 valence electrons. The smallest absolute Gasteiger partial charge is 0.405 e. The van der Waals surface area contributed by atoms with Crippen molar-refractivity contribution in [2.75, 3.05) is 0 Å². The second kappa shape index (κ2) is 5.35. The van der Waals surface area contributed by atoms with Crippen LogP contribution in [0.15, 0.2) is 40.8 Å². The van der Waals surface area contributed by atoms with Gasteiger partial charge in [0.15, 0.2) is 0 Å². The lowest BCUT2D eigenvalue weighted by molar-refractivity contribution is -0.402. The minimum absolute atomic E-state index is 0.0612. The Hall–Kier alpha value is -1.62. The fourth-order valence-corrected chi connectivity index (χ4v) is 2.26. The molecule has 0 amide bonds. The van der Waals surface area contributed by atoms with Crippen LogP contribution in [-0.4, -0.2) is 4.92 Å². The summed E-state index contributed by atoms with van der Waals surface area (Å²) < 4.78 is 5.16. The number of furan rings is 1. The number of hydrogen-bond donors (Lipinski definition) is 0. The standard InChI is InChI=1S/C13H12BrNO3/c1-9-2-4-10(5-3-9)8-11(14)12-6-7-13(18-12)15(16)17/h2-7,11H,8H2,1H3. The van der Waals surface area contributed by atoms with Gasteiger partial charge < -0.3 is 4.42 Å². The van der Waals surface area contributed by atoms with Gasteiger partial charge in [0.2, 0.25) is 0 Å². The van der Waals surface area contributed by atoms with E-state index in [4.69, 9.17) is 4.42 Å². The van der Waals surface area contributed by atoms with Crippen molar-refractivity contribution in [3.63, 3.8) is 0 Å². The molecular weight excluding hydrogens is 298 g/mol. The van der Waals surface area contributed by atoms with Crippen molar-refractivity contribution in [3.8, 4) is 0 Å². The van der Waals surface area contributed by atoms with Gasteiger partial charge in [-0.2, -0.15) is 0 Å². The Morgan fingerprint density at radius 1 is 1.28 bits per heavy atom. The van der Waals surface area contributed by atoms with Gasteiger partial charge in [0, 0.05) is 0 Å². The summed E-state index contributed by atoms with van der Waals surface area (Å²) in [4.78, 5) is 9.94. The molecule has 18 heavy (non-hydrogen) atoms. The first-order valence-corrected chi connectivity index (χ1v) is 6.41. The third-order valence-electron chi connectivity index (χ3n) is 2.64. The fourth-order valence-electron chi connectivity index (χ4n) is 1.64. The van der Waals surface area contributed by atoms with Crippen LogP contribution < -0.4 is 0 Å². The van der Waals surface area contributed by atoms with Crippen molar-refractivity contribution in [1.29, 1.82) is 0 Å². The zero-order valence-corrected chi connectivity index (χ0v) is 11.4. The molecule has 1 aromatic carbocycles. The predicted molar refractivity (Wildman–Crippen MR) is 71.9 cm³/mol. The summed E-state index contributed by atoms with van der Waals surface area (Å²) >= 11 is 3.49. The van der Waals surface area contributed by atoms with Crippen LogP contribution in [0.4, 0.5) is 5.88 Å². The number of rotatable bonds is 4. The lowest BCUT2D eigenvalue weighted by Gasteiger charge is -2.06. The fraction of sp³-hybridized carbons (Fsp3) is 0.231. The van der Waals surface area contributed by atoms with E-state index < -0.39 is 4.92 Å². The number of halogens is 1. The molecule has 0 spiro atoms. The molecular formula is C13H12BrNO3. The highest BCUT2D eigenvalue weighted by Crippen LogP contribution is 2.30. The predicted octanol–water partition coefficient (Wildman–Crippen LogP) is 4.17. The maximum atomic E-state index is 10.5. The lowest BCUT2D eigenvalue weighted by atomic mass is 10.1. The van der Waals surface area contributed by atoms with Crippen LogP contribution in [0.5, 0.6) is 0 Å². The summed E-state index contributed by atoms with van der Waals surface area (Å²) in [5.41, 5.74) is 2.36. The normalized spacial score (nSPS) is 12.3. The van der Waals surface area contributed by atoms with Gasteiger partial charge in [-0.05, 0) is 25.0 Å². The van der Waals surface area contributed by atoms with Gasteiger partial charge in [0.1, 0.15) is 10.7 Å². The second-order valence-electron chi connectivity index (χ2n) is 4.09. The monoisotopic (exact) mass is 309 g/mol. The van der Waals surface area contributed by atoms with Gasteiger partial charge in [-0.1, -0.05) is 45.8 Å². The highest BCUT2D eigenvalue weighted by atomic mass is 79.9. The van der Waals surface area contributed by atoms with Gasteiger partial charge in [-0.25, -0.2) is 0 Å². The summed E-state index contributed by atoms with van der Waals surface area (Å²) in [6, 6.07) is 11.2. The minimum atomic E-state index is -0.533. The number of hydrogen-bond acceptors (Lipinski definition) is 3. The molecule has 0 aliphatic heterocycles. The first-order chi connectivity index (χ1) is 8.56. The Labute approximate surface area is 113 Å². The van der Waals surface area contributed by atoms with E-state index in [2.05, 4.69) is 15.9 Å². The summed E-state index contributed by atoms with van der Waals surface area (Å²) in [6.45, 7) is 2.03. The van der Waals surface area contributed by atoms with Crippen LogP contribution in [0.25, 0.3) is 0 Å². The van der Waals surface area contributed by atoms with E-state index in [1.54, 1.807) is 6.07 Å². The molecule has 0 saturated carbocycles. The average Bonchev–Trinajstić information content (AvgIpc) is 2.81. The van der Waals surface area contributed by atoms with E-state index in [0.717, 1.165) is 12.0 Å². The first-order valence-electron chi connectivity index (χ1n) is 5.50. The van der Waals surface area contributed by atoms with Crippen LogP contribution in [-0.2, 0) is 6.42 Å². The van der Waals surface area contributed by atoms with Crippen molar-refractivity contribution in [3.05, 3.63) is 63.4 Å². The topological polar surface area (TPSA) is 56.3 Å². The zero-order chi connectivity index (χ0) is 13.1. The summed E-state index contributed by atoms with van der Waals surface area (Å²) in [5, 5.41) is 10.5. The molecule has 1 atom stereocenters. The molecule has 0 radical (unpaired) electrons. The largest absolute Gasteiger partial charge is 0.433 e. The number of nitro groups is 1. The molecule has 1 unspecified atom stereocenters. The Morgan fingerprint density at radius 2 is 1.94 bits per heavy atom. The molecule has 4 nitrogen and oxygen atoms in total. The molecule has 5 heteroatoms. The minimum Gasteiger partial charge on any atom is -0.405 e. The van der Waals surface area contributed by atoms with Crippen molar-refractivity contribution >= 4 is 21.8 Å². The highest BCUT2D eigenvalue weighted by molar-refractivity contribution is 9.09. The molecule has 0 bridgehead atoms. The van der Waals surface area contributed by atoms with Gasteiger partial charge in [0.05, 0.1) is 10.9 Å². The van der Waals surface area contributed by atoms with E-state index in [-0.39, 0.29) is 10.7 Å². The molecule has 0 saturated heterocycles. The molecule has 2 aromatic rings. The van der Waals surface area contributed by atoms with Crippen LogP contribution in [0.3, 0.4) is 0 Å². The van der Waals surface area contributed by atoms with Gasteiger partial charge in [0.25, 0.3) is 0 Å². The van der Waals surface area contributed by atoms with E-state index >= 15 is 0 Å². The molecule has 0 aliphatic rings. The Bertz CT molecular complexity index is 548. The SMILES string of the molecule is Cc1ccc(CC(Br)c2ccc([N+](=O)[O-])o2)cc1. The van der Waals surface area contributed by atoms with E-state index in [1.165, 1.54) is 11.6 Å². The van der Waals surface area contributed by atoms with Crippen LogP contribution in [0.2, 0.25) is 0 Å². The van der Waals surface area contributed by atoms with E-state index in [0.29, 0.717) is 5.76 Å². The lowest BCUT2D eigenvalue weighted by Crippen LogP contribution is -1.94. The summed E-state index contributed by atoms with van der Waals surface area (Å²) in [5.74, 6) is 0.348. The van der Waals surface area contributed by atoms with Crippen LogP contribution >= 0.6 is 15.9 Å². The Morgan fingerprint density at radius 3 is 2.50 bits per heavy atom. The van der Waals surface area contributed by atoms with Crippen LogP contribution in [0, 0.1) is 17.0 Å². The quantitative estimate of drug-likeness (QED) is 0.484. The Kier molecular flexibility index (Phi) is 3.81. The number of nitrogens with zero attached hydrogens (tertiary/aromatic N) is 1. The third-order valence-corrected chi connectivity index (χ3v) is 3.41. The number of alkyl halides is 1. The zero-order valence-electron chi connectivity index (χ0n) is 9.80.